The fourth-order valence-electron chi connectivity index (χ4n) is 2.47. The second kappa shape index (κ2) is 7.27. The van der Waals surface area contributed by atoms with Gasteiger partial charge in [0.15, 0.2) is 0 Å². The van der Waals surface area contributed by atoms with E-state index in [-0.39, 0.29) is 0 Å². The average Bonchev–Trinajstić information content (AvgIpc) is 2.40. The minimum atomic E-state index is 0.318. The molecule has 1 aromatic carbocycles. The van der Waals surface area contributed by atoms with Crippen LogP contribution in [0.2, 0.25) is 0 Å². The van der Waals surface area contributed by atoms with Gasteiger partial charge in [-0.2, -0.15) is 0 Å². The van der Waals surface area contributed by atoms with Crippen molar-refractivity contribution in [1.82, 2.24) is 4.90 Å². The Bertz CT molecular complexity index is 369. The van der Waals surface area contributed by atoms with Crippen LogP contribution in [0.3, 0.4) is 0 Å². The maximum atomic E-state index is 5.81. The summed E-state index contributed by atoms with van der Waals surface area (Å²) in [6.07, 6.45) is 3.54. The zero-order valence-corrected chi connectivity index (χ0v) is 13.2. The van der Waals surface area contributed by atoms with Crippen molar-refractivity contribution in [2.45, 2.75) is 38.3 Å². The lowest BCUT2D eigenvalue weighted by Crippen LogP contribution is -2.40. The molecule has 1 aliphatic rings. The predicted molar refractivity (Wildman–Crippen MR) is 85.5 cm³/mol. The fourth-order valence-corrected chi connectivity index (χ4v) is 2.73. The molecular formula is C15H24BrN3. The van der Waals surface area contributed by atoms with Crippen molar-refractivity contribution in [2.75, 3.05) is 25.0 Å². The molecule has 0 saturated carbocycles. The highest BCUT2D eigenvalue weighted by Gasteiger charge is 2.18. The van der Waals surface area contributed by atoms with Gasteiger partial charge in [0.25, 0.3) is 0 Å². The van der Waals surface area contributed by atoms with E-state index >= 15 is 0 Å². The lowest BCUT2D eigenvalue weighted by molar-refractivity contribution is 0.213. The molecule has 3 N–H and O–H groups in total. The molecule has 1 atom stereocenters. The van der Waals surface area contributed by atoms with Crippen molar-refractivity contribution >= 4 is 21.6 Å². The van der Waals surface area contributed by atoms with Gasteiger partial charge in [-0.3, -0.25) is 0 Å². The molecule has 1 saturated heterocycles. The van der Waals surface area contributed by atoms with E-state index in [0.29, 0.717) is 12.1 Å². The minimum Gasteiger partial charge on any atom is -0.382 e. The number of likely N-dealkylation sites (tertiary alicyclic amines) is 1. The van der Waals surface area contributed by atoms with Gasteiger partial charge in [-0.05, 0) is 57.0 Å². The number of hydrogen-bond donors (Lipinski definition) is 2. The number of anilines is 1. The Morgan fingerprint density at radius 2 is 1.95 bits per heavy atom. The van der Waals surface area contributed by atoms with Crippen molar-refractivity contribution < 1.29 is 0 Å². The number of nitrogens with two attached hydrogens (primary N) is 1. The summed E-state index contributed by atoms with van der Waals surface area (Å²) in [4.78, 5) is 2.53. The van der Waals surface area contributed by atoms with Gasteiger partial charge in [0.2, 0.25) is 0 Å². The third-order valence-electron chi connectivity index (χ3n) is 3.70. The zero-order chi connectivity index (χ0) is 13.7. The predicted octanol–water partition coefficient (Wildman–Crippen LogP) is 3.06. The minimum absolute atomic E-state index is 0.318. The molecule has 0 radical (unpaired) electrons. The van der Waals surface area contributed by atoms with E-state index in [1.54, 1.807) is 0 Å². The topological polar surface area (TPSA) is 41.3 Å². The Labute approximate surface area is 124 Å². The van der Waals surface area contributed by atoms with Gasteiger partial charge in [0.1, 0.15) is 0 Å². The number of hydrogen-bond acceptors (Lipinski definition) is 3. The number of nitrogens with one attached hydrogen (secondary N) is 1. The van der Waals surface area contributed by atoms with Crippen LogP contribution in [-0.4, -0.2) is 36.6 Å². The normalized spacial score (nSPS) is 19.3. The standard InChI is InChI=1S/C15H24BrN3/c1-12(17)6-9-19-10-7-15(8-11-19)18-14-4-2-13(16)3-5-14/h2-5,12,15,18H,6-11,17H2,1H3/t12-/m1/s1. The molecule has 0 unspecified atom stereocenters. The first kappa shape index (κ1) is 14.8. The molecule has 19 heavy (non-hydrogen) atoms. The Kier molecular flexibility index (Phi) is 5.67. The summed E-state index contributed by atoms with van der Waals surface area (Å²) in [5, 5.41) is 3.62. The van der Waals surface area contributed by atoms with Gasteiger partial charge in [0.05, 0.1) is 0 Å². The van der Waals surface area contributed by atoms with Crippen LogP contribution in [0.25, 0.3) is 0 Å². The van der Waals surface area contributed by atoms with Crippen LogP contribution in [0, 0.1) is 0 Å². The lowest BCUT2D eigenvalue weighted by atomic mass is 10.0. The largest absolute Gasteiger partial charge is 0.382 e. The van der Waals surface area contributed by atoms with Gasteiger partial charge >= 0.3 is 0 Å². The summed E-state index contributed by atoms with van der Waals surface area (Å²) in [5.41, 5.74) is 7.03. The maximum absolute atomic E-state index is 5.81. The van der Waals surface area contributed by atoms with E-state index in [1.807, 2.05) is 0 Å². The molecule has 0 spiro atoms. The molecule has 1 fully saturated rings. The smallest absolute Gasteiger partial charge is 0.0343 e. The molecule has 0 aliphatic carbocycles. The van der Waals surface area contributed by atoms with Crippen LogP contribution >= 0.6 is 15.9 Å². The van der Waals surface area contributed by atoms with Crippen molar-refractivity contribution in [3.63, 3.8) is 0 Å². The molecule has 3 nitrogen and oxygen atoms in total. The SMILES string of the molecule is C[C@@H](N)CCN1CCC(Nc2ccc(Br)cc2)CC1. The highest BCUT2D eigenvalue weighted by atomic mass is 79.9. The Hall–Kier alpha value is -0.580. The maximum Gasteiger partial charge on any atom is 0.0343 e. The van der Waals surface area contributed by atoms with Crippen molar-refractivity contribution in [1.29, 1.82) is 0 Å². The van der Waals surface area contributed by atoms with Gasteiger partial charge in [-0.15, -0.1) is 0 Å². The lowest BCUT2D eigenvalue weighted by Gasteiger charge is -2.33. The summed E-state index contributed by atoms with van der Waals surface area (Å²) < 4.78 is 1.13. The summed E-state index contributed by atoms with van der Waals surface area (Å²) in [7, 11) is 0. The third kappa shape index (κ3) is 5.13. The Balaban J connectivity index is 1.72. The van der Waals surface area contributed by atoms with Crippen LogP contribution in [0.5, 0.6) is 0 Å². The number of benzene rings is 1. The number of nitrogens with zero attached hydrogens (tertiary/aromatic N) is 1. The van der Waals surface area contributed by atoms with Crippen molar-refractivity contribution in [2.24, 2.45) is 5.73 Å². The van der Waals surface area contributed by atoms with Gasteiger partial charge in [0, 0.05) is 35.3 Å². The van der Waals surface area contributed by atoms with Crippen LogP contribution in [-0.2, 0) is 0 Å². The first-order valence-electron chi connectivity index (χ1n) is 7.13. The molecule has 1 aliphatic heterocycles. The highest BCUT2D eigenvalue weighted by Crippen LogP contribution is 2.19. The van der Waals surface area contributed by atoms with Crippen molar-refractivity contribution in [3.8, 4) is 0 Å². The molecular weight excluding hydrogens is 302 g/mol. The van der Waals surface area contributed by atoms with E-state index in [0.717, 1.165) is 17.4 Å². The first-order chi connectivity index (χ1) is 9.13. The summed E-state index contributed by atoms with van der Waals surface area (Å²) in [6.45, 7) is 5.59. The second-order valence-corrected chi connectivity index (χ2v) is 6.45. The summed E-state index contributed by atoms with van der Waals surface area (Å²) in [6, 6.07) is 9.35. The van der Waals surface area contributed by atoms with Crippen LogP contribution in [0.1, 0.15) is 26.2 Å². The van der Waals surface area contributed by atoms with E-state index in [2.05, 4.69) is 57.3 Å². The quantitative estimate of drug-likeness (QED) is 0.874. The molecule has 4 heteroatoms. The molecule has 2 rings (SSSR count). The van der Waals surface area contributed by atoms with E-state index in [1.165, 1.54) is 31.6 Å². The van der Waals surface area contributed by atoms with Crippen LogP contribution in [0.15, 0.2) is 28.7 Å². The van der Waals surface area contributed by atoms with Crippen LogP contribution < -0.4 is 11.1 Å². The molecule has 0 bridgehead atoms. The second-order valence-electron chi connectivity index (χ2n) is 5.53. The molecule has 1 heterocycles. The molecule has 0 amide bonds. The Morgan fingerprint density at radius 1 is 1.32 bits per heavy atom. The summed E-state index contributed by atoms with van der Waals surface area (Å²) in [5.74, 6) is 0. The third-order valence-corrected chi connectivity index (χ3v) is 4.23. The fraction of sp³-hybridized carbons (Fsp3) is 0.600. The average molecular weight is 326 g/mol. The van der Waals surface area contributed by atoms with E-state index in [9.17, 15) is 0 Å². The number of halogens is 1. The van der Waals surface area contributed by atoms with Gasteiger partial charge in [-0.25, -0.2) is 0 Å². The van der Waals surface area contributed by atoms with E-state index < -0.39 is 0 Å². The Morgan fingerprint density at radius 3 is 2.53 bits per heavy atom. The summed E-state index contributed by atoms with van der Waals surface area (Å²) >= 11 is 3.46. The monoisotopic (exact) mass is 325 g/mol. The zero-order valence-electron chi connectivity index (χ0n) is 11.6. The van der Waals surface area contributed by atoms with Gasteiger partial charge in [-0.1, -0.05) is 15.9 Å². The number of piperidine rings is 1. The van der Waals surface area contributed by atoms with Gasteiger partial charge < -0.3 is 16.0 Å². The number of rotatable bonds is 5. The molecule has 1 aromatic rings. The molecule has 0 aromatic heterocycles. The van der Waals surface area contributed by atoms with E-state index in [4.69, 9.17) is 5.73 Å². The molecule has 106 valence electrons. The first-order valence-corrected chi connectivity index (χ1v) is 7.93. The van der Waals surface area contributed by atoms with Crippen molar-refractivity contribution in [3.05, 3.63) is 28.7 Å². The van der Waals surface area contributed by atoms with Crippen LogP contribution in [0.4, 0.5) is 5.69 Å². The highest BCUT2D eigenvalue weighted by molar-refractivity contribution is 9.10.